The number of aliphatic hydroxyl groups is 1. The van der Waals surface area contributed by atoms with Crippen LogP contribution in [0.4, 0.5) is 11.6 Å². The lowest BCUT2D eigenvalue weighted by molar-refractivity contribution is 0.266. The second-order valence-corrected chi connectivity index (χ2v) is 7.26. The Balaban J connectivity index is 1.65. The molecule has 6 nitrogen and oxygen atoms in total. The molecule has 2 atom stereocenters. The minimum absolute atomic E-state index is 0.113. The van der Waals surface area contributed by atoms with Crippen LogP contribution in [-0.2, 0) is 0 Å². The summed E-state index contributed by atoms with van der Waals surface area (Å²) in [5.74, 6) is 1.52. The van der Waals surface area contributed by atoms with E-state index >= 15 is 0 Å². The summed E-state index contributed by atoms with van der Waals surface area (Å²) in [5.41, 5.74) is 1.88. The molecular weight excluding hydrogens is 374 g/mol. The van der Waals surface area contributed by atoms with E-state index in [2.05, 4.69) is 25.2 Å². The summed E-state index contributed by atoms with van der Waals surface area (Å²) < 4.78 is 0. The van der Waals surface area contributed by atoms with Gasteiger partial charge in [-0.05, 0) is 42.7 Å². The Morgan fingerprint density at radius 3 is 2.86 bits per heavy atom. The van der Waals surface area contributed by atoms with Crippen molar-refractivity contribution >= 4 is 23.2 Å². The first-order valence-electron chi connectivity index (χ1n) is 9.37. The second-order valence-electron chi connectivity index (χ2n) is 6.82. The average molecular weight is 396 g/mol. The van der Waals surface area contributed by atoms with Crippen molar-refractivity contribution in [2.24, 2.45) is 0 Å². The molecule has 4 rings (SSSR count). The van der Waals surface area contributed by atoms with Gasteiger partial charge >= 0.3 is 0 Å². The summed E-state index contributed by atoms with van der Waals surface area (Å²) in [7, 11) is 0. The Hall–Kier alpha value is -2.70. The largest absolute Gasteiger partial charge is 0.394 e. The van der Waals surface area contributed by atoms with Crippen LogP contribution in [0.1, 0.15) is 30.1 Å². The number of aliphatic hydroxyl groups excluding tert-OH is 1. The van der Waals surface area contributed by atoms with Crippen molar-refractivity contribution in [3.05, 3.63) is 77.3 Å². The Morgan fingerprint density at radius 1 is 1.14 bits per heavy atom. The molecule has 1 saturated heterocycles. The van der Waals surface area contributed by atoms with Gasteiger partial charge in [-0.3, -0.25) is 4.98 Å². The molecule has 2 aromatic heterocycles. The maximum absolute atomic E-state index is 9.61. The summed E-state index contributed by atoms with van der Waals surface area (Å²) >= 11 is 6.22. The third-order valence-corrected chi connectivity index (χ3v) is 5.23. The van der Waals surface area contributed by atoms with Crippen LogP contribution in [0.25, 0.3) is 0 Å². The van der Waals surface area contributed by atoms with Crippen molar-refractivity contribution in [3.8, 4) is 0 Å². The Kier molecular flexibility index (Phi) is 5.69. The normalized spacial score (nSPS) is 17.5. The predicted octanol–water partition coefficient (Wildman–Crippen LogP) is 3.69. The average Bonchev–Trinajstić information content (AvgIpc) is 3.22. The minimum Gasteiger partial charge on any atom is -0.394 e. The standard InChI is InChI=1S/C21H22ClN5O/c22-16-6-3-5-15(11-16)21(18-8-1-2-9-23-18)26-19-12-20(25-14-24-19)27-10-4-7-17(27)13-28/h1-3,5-6,8-9,11-12,14,17,21,28H,4,7,10,13H2,(H,24,25,26). The molecular formula is C21H22ClN5O. The van der Waals surface area contributed by atoms with Crippen molar-refractivity contribution in [3.63, 3.8) is 0 Å². The van der Waals surface area contributed by atoms with Gasteiger partial charge in [0.1, 0.15) is 18.0 Å². The lowest BCUT2D eigenvalue weighted by atomic mass is 10.0. The van der Waals surface area contributed by atoms with Crippen molar-refractivity contribution in [2.75, 3.05) is 23.4 Å². The van der Waals surface area contributed by atoms with E-state index in [1.165, 1.54) is 0 Å². The van der Waals surface area contributed by atoms with Gasteiger partial charge in [-0.2, -0.15) is 0 Å². The quantitative estimate of drug-likeness (QED) is 0.663. The van der Waals surface area contributed by atoms with Crippen molar-refractivity contribution in [2.45, 2.75) is 24.9 Å². The van der Waals surface area contributed by atoms with Gasteiger partial charge in [-0.15, -0.1) is 0 Å². The fourth-order valence-corrected chi connectivity index (χ4v) is 3.82. The molecule has 1 aliphatic heterocycles. The van der Waals surface area contributed by atoms with E-state index in [4.69, 9.17) is 11.6 Å². The number of pyridine rings is 1. The van der Waals surface area contributed by atoms with Gasteiger partial charge in [0.25, 0.3) is 0 Å². The highest BCUT2D eigenvalue weighted by atomic mass is 35.5. The lowest BCUT2D eigenvalue weighted by Crippen LogP contribution is -2.32. The topological polar surface area (TPSA) is 74.2 Å². The van der Waals surface area contributed by atoms with Gasteiger partial charge < -0.3 is 15.3 Å². The van der Waals surface area contributed by atoms with Crippen LogP contribution in [-0.4, -0.2) is 39.3 Å². The van der Waals surface area contributed by atoms with Crippen molar-refractivity contribution < 1.29 is 5.11 Å². The van der Waals surface area contributed by atoms with Gasteiger partial charge in [0.15, 0.2) is 0 Å². The Morgan fingerprint density at radius 2 is 2.07 bits per heavy atom. The predicted molar refractivity (Wildman–Crippen MR) is 111 cm³/mol. The number of hydrogen-bond donors (Lipinski definition) is 2. The molecule has 2 unspecified atom stereocenters. The molecule has 0 saturated carbocycles. The number of nitrogens with one attached hydrogen (secondary N) is 1. The van der Waals surface area contributed by atoms with Crippen LogP contribution in [0.2, 0.25) is 5.02 Å². The van der Waals surface area contributed by atoms with Gasteiger partial charge in [-0.25, -0.2) is 9.97 Å². The first-order chi connectivity index (χ1) is 13.7. The molecule has 3 heterocycles. The van der Waals surface area contributed by atoms with Gasteiger partial charge in [-0.1, -0.05) is 29.8 Å². The Labute approximate surface area is 169 Å². The lowest BCUT2D eigenvalue weighted by Gasteiger charge is -2.25. The highest BCUT2D eigenvalue weighted by Gasteiger charge is 2.25. The fraction of sp³-hybridized carbons (Fsp3) is 0.286. The molecule has 1 aliphatic rings. The summed E-state index contributed by atoms with van der Waals surface area (Å²) in [5, 5.41) is 13.8. The number of hydrogen-bond acceptors (Lipinski definition) is 6. The van der Waals surface area contributed by atoms with Crippen LogP contribution in [0, 0.1) is 0 Å². The molecule has 0 spiro atoms. The molecule has 1 aromatic carbocycles. The summed E-state index contributed by atoms with van der Waals surface area (Å²) in [6.45, 7) is 1.02. The summed E-state index contributed by atoms with van der Waals surface area (Å²) in [4.78, 5) is 15.5. The number of halogens is 1. The number of anilines is 2. The van der Waals surface area contributed by atoms with E-state index in [1.807, 2.05) is 48.5 Å². The molecule has 144 valence electrons. The Bertz CT molecular complexity index is 923. The van der Waals surface area contributed by atoms with Crippen LogP contribution in [0.3, 0.4) is 0 Å². The summed E-state index contributed by atoms with van der Waals surface area (Å²) in [6, 6.07) is 15.4. The SMILES string of the molecule is OCC1CCCN1c1cc(NC(c2cccc(Cl)c2)c2ccccn2)ncn1. The second kappa shape index (κ2) is 8.54. The van der Waals surface area contributed by atoms with Crippen LogP contribution < -0.4 is 10.2 Å². The molecule has 28 heavy (non-hydrogen) atoms. The smallest absolute Gasteiger partial charge is 0.134 e. The highest BCUT2D eigenvalue weighted by molar-refractivity contribution is 6.30. The highest BCUT2D eigenvalue weighted by Crippen LogP contribution is 2.29. The third-order valence-electron chi connectivity index (χ3n) is 4.99. The molecule has 0 radical (unpaired) electrons. The van der Waals surface area contributed by atoms with Crippen molar-refractivity contribution in [1.82, 2.24) is 15.0 Å². The van der Waals surface area contributed by atoms with E-state index in [1.54, 1.807) is 12.5 Å². The zero-order chi connectivity index (χ0) is 19.3. The van der Waals surface area contributed by atoms with E-state index in [9.17, 15) is 5.11 Å². The molecule has 2 N–H and O–H groups in total. The molecule has 0 bridgehead atoms. The molecule has 7 heteroatoms. The van der Waals surface area contributed by atoms with Gasteiger partial charge in [0, 0.05) is 23.8 Å². The number of aromatic nitrogens is 3. The molecule has 0 aliphatic carbocycles. The molecule has 1 fully saturated rings. The third kappa shape index (κ3) is 4.08. The minimum atomic E-state index is -0.199. The van der Waals surface area contributed by atoms with Crippen LogP contribution in [0.15, 0.2) is 61.1 Å². The molecule has 3 aromatic rings. The number of benzene rings is 1. The van der Waals surface area contributed by atoms with E-state index < -0.39 is 0 Å². The zero-order valence-electron chi connectivity index (χ0n) is 15.4. The summed E-state index contributed by atoms with van der Waals surface area (Å²) in [6.07, 6.45) is 5.35. The van der Waals surface area contributed by atoms with Crippen LogP contribution in [0.5, 0.6) is 0 Å². The van der Waals surface area contributed by atoms with E-state index in [0.29, 0.717) is 10.8 Å². The maximum Gasteiger partial charge on any atom is 0.134 e. The fourth-order valence-electron chi connectivity index (χ4n) is 3.62. The number of nitrogens with zero attached hydrogens (tertiary/aromatic N) is 4. The van der Waals surface area contributed by atoms with Crippen LogP contribution >= 0.6 is 11.6 Å². The van der Waals surface area contributed by atoms with Gasteiger partial charge in [0.05, 0.1) is 24.4 Å². The molecule has 0 amide bonds. The zero-order valence-corrected chi connectivity index (χ0v) is 16.1. The first-order valence-corrected chi connectivity index (χ1v) is 9.75. The first kappa shape index (κ1) is 18.7. The number of rotatable bonds is 6. The van der Waals surface area contributed by atoms with Gasteiger partial charge in [0.2, 0.25) is 0 Å². The van der Waals surface area contributed by atoms with Crippen molar-refractivity contribution in [1.29, 1.82) is 0 Å². The maximum atomic E-state index is 9.61. The van der Waals surface area contributed by atoms with E-state index in [-0.39, 0.29) is 18.7 Å². The monoisotopic (exact) mass is 395 g/mol. The van der Waals surface area contributed by atoms with E-state index in [0.717, 1.165) is 36.5 Å².